The number of anilines is 1. The lowest BCUT2D eigenvalue weighted by Gasteiger charge is -2.56. The minimum absolute atomic E-state index is 0.0169. The number of nitrogens with two attached hydrogens (primary N) is 1. The van der Waals surface area contributed by atoms with E-state index in [2.05, 4.69) is 28.5 Å². The Morgan fingerprint density at radius 3 is 2.64 bits per heavy atom. The fraction of sp³-hybridized carbons (Fsp3) is 0.679. The summed E-state index contributed by atoms with van der Waals surface area (Å²) >= 11 is 0. The van der Waals surface area contributed by atoms with Crippen LogP contribution in [0, 0.1) is 17.3 Å². The van der Waals surface area contributed by atoms with E-state index in [4.69, 9.17) is 5.73 Å². The van der Waals surface area contributed by atoms with Crippen LogP contribution in [0.5, 0.6) is 0 Å². The molecular weight excluding hydrogens is 462 g/mol. The van der Waals surface area contributed by atoms with E-state index >= 15 is 8.78 Å². The number of nitrogens with one attached hydrogen (secondary N) is 2. The number of halogens is 2. The first-order valence-corrected chi connectivity index (χ1v) is 13.3. The second-order valence-corrected chi connectivity index (χ2v) is 12.0. The summed E-state index contributed by atoms with van der Waals surface area (Å²) in [5, 5.41) is 32.8. The van der Waals surface area contributed by atoms with Gasteiger partial charge in [-0.25, -0.2) is 8.78 Å². The standard InChI is InChI=1S/C26H33F2N3O2.C2H7N/c1-23-10-11-25(28)14-24(27)13-17(32)4-3-16(24)8-9-26(25,33)21(23)7-5-19(23)15-2-6-20-18(12-15)22(29)31-30-20;1-3-2/h2,5-6,12,16-17,21,32-33H,3-4,7-11,13-14H2,1H3,(H3,29,30,31);3H,1-2H3/t16?,17?,21?,23?,24?,25?,26-;/m0./s1. The van der Waals surface area contributed by atoms with Gasteiger partial charge in [-0.1, -0.05) is 19.1 Å². The molecule has 4 aliphatic rings. The summed E-state index contributed by atoms with van der Waals surface area (Å²) in [6.45, 7) is 2.13. The van der Waals surface area contributed by atoms with Crippen LogP contribution in [0.4, 0.5) is 14.6 Å². The molecule has 0 radical (unpaired) electrons. The maximum atomic E-state index is 16.7. The Balaban J connectivity index is 0.000000848. The Kier molecular flexibility index (Phi) is 6.24. The first-order valence-electron chi connectivity index (χ1n) is 13.3. The molecule has 1 aromatic carbocycles. The minimum Gasteiger partial charge on any atom is -0.393 e. The molecule has 2 aromatic rings. The maximum absolute atomic E-state index is 16.7. The summed E-state index contributed by atoms with van der Waals surface area (Å²) in [4.78, 5) is 0. The third-order valence-electron chi connectivity index (χ3n) is 9.84. The largest absolute Gasteiger partial charge is 0.393 e. The molecule has 4 aliphatic carbocycles. The Hall–Kier alpha value is -2.03. The monoisotopic (exact) mass is 502 g/mol. The molecule has 6 N–H and O–H groups in total. The Morgan fingerprint density at radius 1 is 1.14 bits per heavy atom. The number of aliphatic hydroxyl groups excluding tert-OH is 1. The summed E-state index contributed by atoms with van der Waals surface area (Å²) in [5.74, 6) is -0.168. The second-order valence-electron chi connectivity index (χ2n) is 12.0. The number of H-pyrrole nitrogens is 1. The van der Waals surface area contributed by atoms with Gasteiger partial charge in [-0.2, -0.15) is 5.10 Å². The van der Waals surface area contributed by atoms with Gasteiger partial charge in [-0.3, -0.25) is 5.10 Å². The number of aromatic amines is 1. The number of aliphatic hydroxyl groups is 2. The van der Waals surface area contributed by atoms with Crippen LogP contribution in [0.25, 0.3) is 16.5 Å². The van der Waals surface area contributed by atoms with E-state index in [1.54, 1.807) is 0 Å². The number of alkyl halides is 2. The van der Waals surface area contributed by atoms with Crippen molar-refractivity contribution in [2.75, 3.05) is 19.8 Å². The van der Waals surface area contributed by atoms with Crippen molar-refractivity contribution in [2.45, 2.75) is 87.8 Å². The van der Waals surface area contributed by atoms with Crippen molar-refractivity contribution in [3.05, 3.63) is 29.8 Å². The van der Waals surface area contributed by atoms with Crippen LogP contribution < -0.4 is 11.1 Å². The zero-order valence-electron chi connectivity index (χ0n) is 21.6. The summed E-state index contributed by atoms with van der Waals surface area (Å²) in [6, 6.07) is 6.01. The SMILES string of the molecule is CC12CCC3(F)CC4(F)CC(O)CCC4CC[C@]3(O)C1CC=C2c1ccc2[nH]nc(N)c2c1.CNC. The van der Waals surface area contributed by atoms with Crippen molar-refractivity contribution in [1.82, 2.24) is 15.5 Å². The summed E-state index contributed by atoms with van der Waals surface area (Å²) < 4.78 is 32.8. The van der Waals surface area contributed by atoms with E-state index in [1.807, 2.05) is 32.3 Å². The second kappa shape index (κ2) is 8.77. The number of hydrogen-bond acceptors (Lipinski definition) is 5. The van der Waals surface area contributed by atoms with Gasteiger partial charge >= 0.3 is 0 Å². The number of allylic oxidation sites excluding steroid dienone is 2. The highest BCUT2D eigenvalue weighted by Crippen LogP contribution is 2.67. The number of rotatable bonds is 1. The maximum Gasteiger partial charge on any atom is 0.153 e. The van der Waals surface area contributed by atoms with Crippen LogP contribution in [0.3, 0.4) is 0 Å². The molecule has 6 unspecified atom stereocenters. The molecule has 0 saturated heterocycles. The van der Waals surface area contributed by atoms with Crippen molar-refractivity contribution in [3.8, 4) is 0 Å². The predicted molar refractivity (Wildman–Crippen MR) is 139 cm³/mol. The van der Waals surface area contributed by atoms with Gasteiger partial charge in [0.2, 0.25) is 0 Å². The molecule has 7 atom stereocenters. The number of nitrogens with zero attached hydrogens (tertiary/aromatic N) is 1. The number of fused-ring (bicyclic) bond motifs is 5. The highest BCUT2D eigenvalue weighted by atomic mass is 19.2. The Labute approximate surface area is 211 Å². The lowest BCUT2D eigenvalue weighted by molar-refractivity contribution is -0.201. The zero-order chi connectivity index (χ0) is 25.9. The van der Waals surface area contributed by atoms with Crippen LogP contribution in [-0.2, 0) is 0 Å². The predicted octanol–water partition coefficient (Wildman–Crippen LogP) is 4.68. The van der Waals surface area contributed by atoms with Gasteiger partial charge in [-0.05, 0) is 93.6 Å². The van der Waals surface area contributed by atoms with Crippen LogP contribution in [0.1, 0.15) is 70.3 Å². The number of nitrogen functional groups attached to an aromatic ring is 1. The third-order valence-corrected chi connectivity index (χ3v) is 9.84. The summed E-state index contributed by atoms with van der Waals surface area (Å²) in [5.41, 5.74) is 3.29. The Bertz CT molecular complexity index is 1170. The molecule has 1 heterocycles. The molecule has 6 nitrogen and oxygen atoms in total. The molecule has 0 amide bonds. The zero-order valence-corrected chi connectivity index (χ0v) is 21.6. The van der Waals surface area contributed by atoms with E-state index in [-0.39, 0.29) is 37.5 Å². The van der Waals surface area contributed by atoms with Gasteiger partial charge in [-0.15, -0.1) is 0 Å². The fourth-order valence-corrected chi connectivity index (χ4v) is 8.02. The quantitative estimate of drug-likeness (QED) is 0.389. The topological polar surface area (TPSA) is 107 Å². The molecule has 3 saturated carbocycles. The molecule has 0 spiro atoms. The normalized spacial score (nSPS) is 41.9. The van der Waals surface area contributed by atoms with Crippen LogP contribution in [0.2, 0.25) is 0 Å². The lowest BCUT2D eigenvalue weighted by atomic mass is 9.52. The third kappa shape index (κ3) is 3.71. The molecule has 36 heavy (non-hydrogen) atoms. The van der Waals surface area contributed by atoms with E-state index in [0.29, 0.717) is 37.9 Å². The molecular formula is C28H40F2N4O2. The van der Waals surface area contributed by atoms with Crippen LogP contribution in [-0.4, -0.2) is 57.5 Å². The van der Waals surface area contributed by atoms with Crippen LogP contribution in [0.15, 0.2) is 24.3 Å². The average Bonchev–Trinajstić information content (AvgIpc) is 3.34. The molecule has 0 bridgehead atoms. The first-order chi connectivity index (χ1) is 17.0. The number of benzene rings is 1. The molecule has 3 fully saturated rings. The van der Waals surface area contributed by atoms with Gasteiger partial charge < -0.3 is 21.3 Å². The summed E-state index contributed by atoms with van der Waals surface area (Å²) in [7, 11) is 3.75. The minimum atomic E-state index is -1.99. The van der Waals surface area contributed by atoms with Gasteiger partial charge in [0.05, 0.1) is 11.6 Å². The van der Waals surface area contributed by atoms with Crippen molar-refractivity contribution in [1.29, 1.82) is 0 Å². The highest BCUT2D eigenvalue weighted by molar-refractivity contribution is 5.92. The molecule has 8 heteroatoms. The van der Waals surface area contributed by atoms with Crippen LogP contribution >= 0.6 is 0 Å². The fourth-order valence-electron chi connectivity index (χ4n) is 8.02. The number of hydrogen-bond donors (Lipinski definition) is 5. The molecule has 198 valence electrons. The van der Waals surface area contributed by atoms with Gasteiger partial charge in [0.25, 0.3) is 0 Å². The van der Waals surface area contributed by atoms with Gasteiger partial charge in [0, 0.05) is 24.1 Å². The van der Waals surface area contributed by atoms with Crippen molar-refractivity contribution >= 4 is 22.3 Å². The van der Waals surface area contributed by atoms with Gasteiger partial charge in [0.15, 0.2) is 5.82 Å². The lowest BCUT2D eigenvalue weighted by Crippen LogP contribution is -2.63. The Morgan fingerprint density at radius 2 is 1.89 bits per heavy atom. The van der Waals surface area contributed by atoms with E-state index in [0.717, 1.165) is 22.0 Å². The highest BCUT2D eigenvalue weighted by Gasteiger charge is 2.69. The van der Waals surface area contributed by atoms with E-state index in [1.165, 1.54) is 0 Å². The summed E-state index contributed by atoms with van der Waals surface area (Å²) in [6.07, 6.45) is 4.17. The average molecular weight is 503 g/mol. The first kappa shape index (κ1) is 25.6. The molecule has 6 rings (SSSR count). The van der Waals surface area contributed by atoms with E-state index in [9.17, 15) is 10.2 Å². The number of aromatic nitrogens is 2. The van der Waals surface area contributed by atoms with Crippen molar-refractivity contribution in [3.63, 3.8) is 0 Å². The van der Waals surface area contributed by atoms with Gasteiger partial charge in [0.1, 0.15) is 16.9 Å². The molecule has 1 aromatic heterocycles. The van der Waals surface area contributed by atoms with Crippen molar-refractivity contribution in [2.24, 2.45) is 17.3 Å². The smallest absolute Gasteiger partial charge is 0.153 e. The van der Waals surface area contributed by atoms with E-state index < -0.39 is 28.5 Å². The molecule has 0 aliphatic heterocycles. The van der Waals surface area contributed by atoms with Crippen molar-refractivity contribution < 1.29 is 19.0 Å².